The molecule has 1 aromatic heterocycles. The molecule has 0 N–H and O–H groups in total. The van der Waals surface area contributed by atoms with E-state index in [4.69, 9.17) is 5.26 Å². The summed E-state index contributed by atoms with van der Waals surface area (Å²) in [5.41, 5.74) is -1.63. The molecule has 0 atom stereocenters. The van der Waals surface area contributed by atoms with E-state index in [-0.39, 0.29) is 0 Å². The molecule has 0 fully saturated rings. The number of hydrogen-bond acceptors (Lipinski definition) is 6. The molecule has 14 heavy (non-hydrogen) atoms. The largest absolute Gasteiger partial charge is 0.312 e. The molecular weight excluding hydrogens is 192 g/mol. The Kier molecular flexibility index (Phi) is 2.34. The summed E-state index contributed by atoms with van der Waals surface area (Å²) in [6.07, 6.45) is 0.797. The van der Waals surface area contributed by atoms with Crippen molar-refractivity contribution < 1.29 is 9.85 Å². The van der Waals surface area contributed by atoms with Gasteiger partial charge in [0.15, 0.2) is 0 Å². The predicted octanol–water partition coefficient (Wildman–Crippen LogP) is 0.770. The molecule has 0 unspecified atom stereocenters. The minimum absolute atomic E-state index is 0.444. The van der Waals surface area contributed by atoms with Gasteiger partial charge in [0.25, 0.3) is 5.69 Å². The molecule has 0 saturated heterocycles. The van der Waals surface area contributed by atoms with E-state index in [1.165, 1.54) is 6.07 Å². The molecule has 0 aliphatic carbocycles. The van der Waals surface area contributed by atoms with E-state index < -0.39 is 26.9 Å². The lowest BCUT2D eigenvalue weighted by molar-refractivity contribution is -0.394. The quantitative estimate of drug-likeness (QED) is 0.505. The SMILES string of the molecule is N#Cc1ncc([N+](=O)[O-])cc1[N+](=O)[O-]. The Balaban J connectivity index is 3.37. The Hall–Kier alpha value is -2.56. The van der Waals surface area contributed by atoms with Crippen LogP contribution < -0.4 is 0 Å². The maximum Gasteiger partial charge on any atom is 0.312 e. The summed E-state index contributed by atoms with van der Waals surface area (Å²) < 4.78 is 0. The van der Waals surface area contributed by atoms with Crippen LogP contribution in [0, 0.1) is 31.6 Å². The van der Waals surface area contributed by atoms with E-state index >= 15 is 0 Å². The van der Waals surface area contributed by atoms with Gasteiger partial charge in [0.05, 0.1) is 15.9 Å². The highest BCUT2D eigenvalue weighted by Gasteiger charge is 2.20. The second kappa shape index (κ2) is 3.44. The summed E-state index contributed by atoms with van der Waals surface area (Å²) in [6.45, 7) is 0. The van der Waals surface area contributed by atoms with Gasteiger partial charge in [0.2, 0.25) is 5.69 Å². The molecule has 1 aromatic rings. The van der Waals surface area contributed by atoms with E-state index in [1.54, 1.807) is 0 Å². The van der Waals surface area contributed by atoms with E-state index in [0.29, 0.717) is 6.07 Å². The first-order valence-corrected chi connectivity index (χ1v) is 3.25. The van der Waals surface area contributed by atoms with Crippen molar-refractivity contribution in [1.29, 1.82) is 5.26 Å². The number of nitriles is 1. The van der Waals surface area contributed by atoms with Crippen LogP contribution in [0.5, 0.6) is 0 Å². The smallest absolute Gasteiger partial charge is 0.258 e. The van der Waals surface area contributed by atoms with Gasteiger partial charge < -0.3 is 0 Å². The first-order valence-electron chi connectivity index (χ1n) is 3.25. The van der Waals surface area contributed by atoms with Gasteiger partial charge in [-0.05, 0) is 0 Å². The molecule has 1 rings (SSSR count). The van der Waals surface area contributed by atoms with Crippen LogP contribution in [-0.4, -0.2) is 14.8 Å². The molecule has 0 spiro atoms. The van der Waals surface area contributed by atoms with Crippen molar-refractivity contribution in [1.82, 2.24) is 4.98 Å². The van der Waals surface area contributed by atoms with Crippen molar-refractivity contribution in [2.24, 2.45) is 0 Å². The first-order chi connectivity index (χ1) is 6.56. The summed E-state index contributed by atoms with van der Waals surface area (Å²) in [6, 6.07) is 2.17. The highest BCUT2D eigenvalue weighted by atomic mass is 16.6. The Labute approximate surface area is 76.7 Å². The van der Waals surface area contributed by atoms with Gasteiger partial charge >= 0.3 is 5.69 Å². The van der Waals surface area contributed by atoms with Crippen LogP contribution in [0.2, 0.25) is 0 Å². The van der Waals surface area contributed by atoms with Crippen LogP contribution >= 0.6 is 0 Å². The van der Waals surface area contributed by atoms with Gasteiger partial charge in [-0.1, -0.05) is 0 Å². The molecule has 0 bridgehead atoms. The molecule has 0 radical (unpaired) electrons. The Bertz CT molecular complexity index is 450. The monoisotopic (exact) mass is 194 g/mol. The fraction of sp³-hybridized carbons (Fsp3) is 0. The van der Waals surface area contributed by atoms with Crippen molar-refractivity contribution in [3.8, 4) is 6.07 Å². The Morgan fingerprint density at radius 1 is 1.36 bits per heavy atom. The van der Waals surface area contributed by atoms with Crippen molar-refractivity contribution in [3.05, 3.63) is 38.2 Å². The van der Waals surface area contributed by atoms with E-state index in [9.17, 15) is 20.2 Å². The zero-order valence-electron chi connectivity index (χ0n) is 6.58. The molecular formula is C6H2N4O4. The number of nitro groups is 2. The van der Waals surface area contributed by atoms with Gasteiger partial charge in [-0.25, -0.2) is 4.98 Å². The number of aromatic nitrogens is 1. The second-order valence-electron chi connectivity index (χ2n) is 2.19. The average molecular weight is 194 g/mol. The van der Waals surface area contributed by atoms with Crippen molar-refractivity contribution in [2.45, 2.75) is 0 Å². The predicted molar refractivity (Wildman–Crippen MR) is 42.3 cm³/mol. The fourth-order valence-electron chi connectivity index (χ4n) is 0.768. The van der Waals surface area contributed by atoms with Gasteiger partial charge in [0, 0.05) is 0 Å². The molecule has 0 saturated carbocycles. The third kappa shape index (κ3) is 1.61. The van der Waals surface area contributed by atoms with Crippen LogP contribution in [-0.2, 0) is 0 Å². The maximum absolute atomic E-state index is 10.3. The molecule has 0 aliphatic heterocycles. The third-order valence-corrected chi connectivity index (χ3v) is 1.37. The molecule has 1 heterocycles. The van der Waals surface area contributed by atoms with Crippen LogP contribution in [0.25, 0.3) is 0 Å². The highest BCUT2D eigenvalue weighted by Crippen LogP contribution is 2.21. The summed E-state index contributed by atoms with van der Waals surface area (Å²) in [5.74, 6) is 0. The van der Waals surface area contributed by atoms with Gasteiger partial charge in [-0.15, -0.1) is 0 Å². The zero-order chi connectivity index (χ0) is 10.7. The first kappa shape index (κ1) is 9.53. The lowest BCUT2D eigenvalue weighted by Crippen LogP contribution is -1.97. The Morgan fingerprint density at radius 2 is 2.00 bits per heavy atom. The maximum atomic E-state index is 10.3. The van der Waals surface area contributed by atoms with Gasteiger partial charge in [0.1, 0.15) is 12.3 Å². The van der Waals surface area contributed by atoms with Gasteiger partial charge in [-0.2, -0.15) is 5.26 Å². The van der Waals surface area contributed by atoms with Crippen molar-refractivity contribution in [2.75, 3.05) is 0 Å². The summed E-state index contributed by atoms with van der Waals surface area (Å²) >= 11 is 0. The minimum Gasteiger partial charge on any atom is -0.258 e. The normalized spacial score (nSPS) is 9.07. The van der Waals surface area contributed by atoms with Crippen LogP contribution in [0.4, 0.5) is 11.4 Å². The molecule has 8 heteroatoms. The van der Waals surface area contributed by atoms with Crippen molar-refractivity contribution in [3.63, 3.8) is 0 Å². The third-order valence-electron chi connectivity index (χ3n) is 1.37. The molecule has 8 nitrogen and oxygen atoms in total. The lowest BCUT2D eigenvalue weighted by atomic mass is 10.3. The Morgan fingerprint density at radius 3 is 2.43 bits per heavy atom. The van der Waals surface area contributed by atoms with E-state index in [1.807, 2.05) is 0 Å². The summed E-state index contributed by atoms with van der Waals surface area (Å²) in [4.78, 5) is 22.2. The topological polar surface area (TPSA) is 123 Å². The van der Waals surface area contributed by atoms with Gasteiger partial charge in [-0.3, -0.25) is 20.2 Å². The van der Waals surface area contributed by atoms with Crippen LogP contribution in [0.3, 0.4) is 0 Å². The number of pyridine rings is 1. The zero-order valence-corrected chi connectivity index (χ0v) is 6.58. The molecule has 0 aliphatic rings. The van der Waals surface area contributed by atoms with Crippen molar-refractivity contribution >= 4 is 11.4 Å². The highest BCUT2D eigenvalue weighted by molar-refractivity contribution is 5.49. The average Bonchev–Trinajstić information content (AvgIpc) is 2.16. The second-order valence-corrected chi connectivity index (χ2v) is 2.19. The minimum atomic E-state index is -0.890. The summed E-state index contributed by atoms with van der Waals surface area (Å²) in [7, 11) is 0. The molecule has 70 valence electrons. The standard InChI is InChI=1S/C6H2N4O4/c7-2-5-6(10(13)14)1-4(3-8-5)9(11)12/h1,3H. The number of hydrogen-bond donors (Lipinski definition) is 0. The summed E-state index contributed by atoms with van der Waals surface area (Å²) in [5, 5.41) is 29.0. The lowest BCUT2D eigenvalue weighted by Gasteiger charge is -1.93. The molecule has 0 aromatic carbocycles. The number of nitrogens with zero attached hydrogens (tertiary/aromatic N) is 4. The van der Waals surface area contributed by atoms with E-state index in [0.717, 1.165) is 6.20 Å². The van der Waals surface area contributed by atoms with E-state index in [2.05, 4.69) is 4.98 Å². The number of rotatable bonds is 2. The fourth-order valence-corrected chi connectivity index (χ4v) is 0.768. The van der Waals surface area contributed by atoms with Crippen LogP contribution in [0.15, 0.2) is 12.3 Å². The molecule has 0 amide bonds. The van der Waals surface area contributed by atoms with Crippen LogP contribution in [0.1, 0.15) is 5.69 Å².